The molecular weight excluding hydrogens is 244 g/mol. The Bertz CT molecular complexity index is 333. The first-order chi connectivity index (χ1) is 8.98. The lowest BCUT2D eigenvalue weighted by Gasteiger charge is -2.28. The van der Waals surface area contributed by atoms with E-state index >= 15 is 0 Å². The molecule has 0 aromatic rings. The first kappa shape index (κ1) is 16.0. The largest absolute Gasteiger partial charge is 0.465 e. The van der Waals surface area contributed by atoms with Crippen LogP contribution in [0.3, 0.4) is 0 Å². The van der Waals surface area contributed by atoms with Crippen LogP contribution >= 0.6 is 0 Å². The Balaban J connectivity index is 2.73. The zero-order valence-electron chi connectivity index (χ0n) is 12.5. The molecular formula is C14H26N2O3. The number of hydrogen-bond donors (Lipinski definition) is 1. The molecule has 0 saturated carbocycles. The summed E-state index contributed by atoms with van der Waals surface area (Å²) in [6, 6.07) is -0.212. The molecule has 0 aromatic heterocycles. The lowest BCUT2D eigenvalue weighted by Crippen LogP contribution is -2.44. The van der Waals surface area contributed by atoms with Crippen LogP contribution in [-0.4, -0.2) is 49.6 Å². The van der Waals surface area contributed by atoms with E-state index in [9.17, 15) is 9.59 Å². The highest BCUT2D eigenvalue weighted by Crippen LogP contribution is 2.32. The van der Waals surface area contributed by atoms with Crippen LogP contribution in [0.25, 0.3) is 0 Å². The van der Waals surface area contributed by atoms with Gasteiger partial charge in [0.25, 0.3) is 0 Å². The van der Waals surface area contributed by atoms with Gasteiger partial charge < -0.3 is 10.1 Å². The molecule has 110 valence electrons. The van der Waals surface area contributed by atoms with Crippen LogP contribution in [0.15, 0.2) is 0 Å². The predicted molar refractivity (Wildman–Crippen MR) is 73.7 cm³/mol. The van der Waals surface area contributed by atoms with Crippen LogP contribution in [0.2, 0.25) is 0 Å². The first-order valence-corrected chi connectivity index (χ1v) is 7.11. The molecule has 2 atom stereocenters. The lowest BCUT2D eigenvalue weighted by atomic mass is 9.89. The average Bonchev–Trinajstić information content (AvgIpc) is 2.78. The van der Waals surface area contributed by atoms with Crippen LogP contribution in [0.1, 0.15) is 40.0 Å². The van der Waals surface area contributed by atoms with E-state index in [1.165, 1.54) is 0 Å². The number of carbonyl (C=O) groups excluding carboxylic acids is 2. The summed E-state index contributed by atoms with van der Waals surface area (Å²) in [5.74, 6) is -0.111. The van der Waals surface area contributed by atoms with Gasteiger partial charge in [0.05, 0.1) is 12.0 Å². The minimum atomic E-state index is -0.396. The summed E-state index contributed by atoms with van der Waals surface area (Å²) in [5.41, 5.74) is -0.396. The molecule has 5 nitrogen and oxygen atoms in total. The average molecular weight is 270 g/mol. The minimum Gasteiger partial charge on any atom is -0.465 e. The van der Waals surface area contributed by atoms with Gasteiger partial charge in [-0.05, 0) is 26.7 Å². The van der Waals surface area contributed by atoms with Crippen molar-refractivity contribution in [3.63, 3.8) is 0 Å². The molecule has 1 rings (SSSR count). The molecule has 1 aliphatic rings. The Kier molecular flexibility index (Phi) is 5.79. The van der Waals surface area contributed by atoms with E-state index in [-0.39, 0.29) is 17.9 Å². The summed E-state index contributed by atoms with van der Waals surface area (Å²) in [4.78, 5) is 26.0. The standard InChI is InChI=1S/C14H26N2O3/c1-5-7-11(12(17)19-6-2)16-9-8-14(3,10-16)13(18)15-4/h11H,5-10H2,1-4H3,(H,15,18). The van der Waals surface area contributed by atoms with Crippen molar-refractivity contribution in [3.05, 3.63) is 0 Å². The van der Waals surface area contributed by atoms with Crippen LogP contribution in [0, 0.1) is 5.41 Å². The topological polar surface area (TPSA) is 58.6 Å². The van der Waals surface area contributed by atoms with Gasteiger partial charge in [-0.3, -0.25) is 14.5 Å². The zero-order chi connectivity index (χ0) is 14.5. The molecule has 1 N–H and O–H groups in total. The van der Waals surface area contributed by atoms with E-state index in [2.05, 4.69) is 17.1 Å². The first-order valence-electron chi connectivity index (χ1n) is 7.11. The van der Waals surface area contributed by atoms with Gasteiger partial charge in [0.15, 0.2) is 0 Å². The van der Waals surface area contributed by atoms with E-state index < -0.39 is 5.41 Å². The van der Waals surface area contributed by atoms with Crippen molar-refractivity contribution in [2.75, 3.05) is 26.7 Å². The number of carbonyl (C=O) groups is 2. The van der Waals surface area contributed by atoms with E-state index in [4.69, 9.17) is 4.74 Å². The molecule has 2 unspecified atom stereocenters. The summed E-state index contributed by atoms with van der Waals surface area (Å²) in [6.07, 6.45) is 2.49. The second-order valence-corrected chi connectivity index (χ2v) is 5.42. The SMILES string of the molecule is CCCC(C(=O)OCC)N1CCC(C)(C(=O)NC)C1. The summed E-state index contributed by atoms with van der Waals surface area (Å²) >= 11 is 0. The van der Waals surface area contributed by atoms with Crippen molar-refractivity contribution >= 4 is 11.9 Å². The van der Waals surface area contributed by atoms with Crippen molar-refractivity contribution in [1.29, 1.82) is 0 Å². The summed E-state index contributed by atoms with van der Waals surface area (Å²) in [7, 11) is 1.66. The van der Waals surface area contributed by atoms with Gasteiger partial charge in [0, 0.05) is 20.1 Å². The molecule has 0 aliphatic carbocycles. The molecule has 5 heteroatoms. The maximum atomic E-state index is 12.0. The number of hydrogen-bond acceptors (Lipinski definition) is 4. The van der Waals surface area contributed by atoms with Gasteiger partial charge in [-0.25, -0.2) is 0 Å². The highest BCUT2D eigenvalue weighted by Gasteiger charge is 2.43. The van der Waals surface area contributed by atoms with Gasteiger partial charge in [0.2, 0.25) is 5.91 Å². The quantitative estimate of drug-likeness (QED) is 0.736. The van der Waals surface area contributed by atoms with Gasteiger partial charge in [-0.15, -0.1) is 0 Å². The number of likely N-dealkylation sites (tertiary alicyclic amines) is 1. The molecule has 19 heavy (non-hydrogen) atoms. The lowest BCUT2D eigenvalue weighted by molar-refractivity contribution is -0.150. The van der Waals surface area contributed by atoms with E-state index in [0.717, 1.165) is 25.8 Å². The number of amides is 1. The fourth-order valence-corrected chi connectivity index (χ4v) is 2.71. The van der Waals surface area contributed by atoms with Crippen molar-refractivity contribution in [1.82, 2.24) is 10.2 Å². The molecule has 1 fully saturated rings. The highest BCUT2D eigenvalue weighted by molar-refractivity contribution is 5.83. The van der Waals surface area contributed by atoms with Gasteiger partial charge in [-0.2, -0.15) is 0 Å². The Labute approximate surface area is 115 Å². The van der Waals surface area contributed by atoms with Crippen molar-refractivity contribution in [2.24, 2.45) is 5.41 Å². The van der Waals surface area contributed by atoms with E-state index in [0.29, 0.717) is 13.2 Å². The highest BCUT2D eigenvalue weighted by atomic mass is 16.5. The summed E-state index contributed by atoms with van der Waals surface area (Å²) in [6.45, 7) is 7.63. The molecule has 1 heterocycles. The van der Waals surface area contributed by atoms with Crippen LogP contribution in [0.5, 0.6) is 0 Å². The molecule has 0 spiro atoms. The van der Waals surface area contributed by atoms with Crippen molar-refractivity contribution in [2.45, 2.75) is 46.1 Å². The Morgan fingerprint density at radius 3 is 2.63 bits per heavy atom. The molecule has 0 aromatic carbocycles. The normalized spacial score (nSPS) is 25.1. The second kappa shape index (κ2) is 6.89. The van der Waals surface area contributed by atoms with E-state index in [1.807, 2.05) is 13.8 Å². The Morgan fingerprint density at radius 1 is 1.42 bits per heavy atom. The van der Waals surface area contributed by atoms with Crippen LogP contribution in [-0.2, 0) is 14.3 Å². The second-order valence-electron chi connectivity index (χ2n) is 5.42. The molecule has 1 saturated heterocycles. The van der Waals surface area contributed by atoms with Crippen LogP contribution < -0.4 is 5.32 Å². The van der Waals surface area contributed by atoms with Gasteiger partial charge >= 0.3 is 5.97 Å². The number of nitrogens with zero attached hydrogens (tertiary/aromatic N) is 1. The smallest absolute Gasteiger partial charge is 0.323 e. The van der Waals surface area contributed by atoms with Crippen molar-refractivity contribution in [3.8, 4) is 0 Å². The number of esters is 1. The summed E-state index contributed by atoms with van der Waals surface area (Å²) in [5, 5.41) is 2.71. The van der Waals surface area contributed by atoms with Crippen LogP contribution in [0.4, 0.5) is 0 Å². The predicted octanol–water partition coefficient (Wildman–Crippen LogP) is 1.18. The zero-order valence-corrected chi connectivity index (χ0v) is 12.5. The van der Waals surface area contributed by atoms with Crippen molar-refractivity contribution < 1.29 is 14.3 Å². The summed E-state index contributed by atoms with van der Waals surface area (Å²) < 4.78 is 5.14. The third-order valence-corrected chi connectivity index (χ3v) is 3.84. The minimum absolute atomic E-state index is 0.0501. The number of ether oxygens (including phenoxy) is 1. The van der Waals surface area contributed by atoms with Gasteiger partial charge in [0.1, 0.15) is 6.04 Å². The maximum Gasteiger partial charge on any atom is 0.323 e. The molecule has 1 amide bonds. The monoisotopic (exact) mass is 270 g/mol. The Hall–Kier alpha value is -1.10. The number of nitrogens with one attached hydrogen (secondary N) is 1. The molecule has 0 radical (unpaired) electrons. The van der Waals surface area contributed by atoms with E-state index in [1.54, 1.807) is 7.05 Å². The fourth-order valence-electron chi connectivity index (χ4n) is 2.71. The Morgan fingerprint density at radius 2 is 2.11 bits per heavy atom. The third kappa shape index (κ3) is 3.69. The maximum absolute atomic E-state index is 12.0. The number of rotatable bonds is 6. The molecule has 0 bridgehead atoms. The van der Waals surface area contributed by atoms with Gasteiger partial charge in [-0.1, -0.05) is 13.3 Å². The third-order valence-electron chi connectivity index (χ3n) is 3.84. The fraction of sp³-hybridized carbons (Fsp3) is 0.857. The molecule has 1 aliphatic heterocycles.